The zero-order chi connectivity index (χ0) is 12.3. The molecule has 0 amide bonds. The molecule has 0 saturated heterocycles. The fourth-order valence-corrected chi connectivity index (χ4v) is 1.76. The number of hydrogen-bond acceptors (Lipinski definition) is 4. The molecule has 0 spiro atoms. The molecule has 0 aliphatic carbocycles. The fraction of sp³-hybridized carbons (Fsp3) is 0.231. The molecule has 0 bridgehead atoms. The molecule has 17 heavy (non-hydrogen) atoms. The summed E-state index contributed by atoms with van der Waals surface area (Å²) in [7, 11) is 0. The SMILES string of the molecule is Cc1ccccc1C(C)Nc1ncc(N)cn1. The van der Waals surface area contributed by atoms with Crippen LogP contribution >= 0.6 is 0 Å². The molecule has 0 aliphatic rings. The van der Waals surface area contributed by atoms with Gasteiger partial charge in [0.2, 0.25) is 5.95 Å². The summed E-state index contributed by atoms with van der Waals surface area (Å²) >= 11 is 0. The van der Waals surface area contributed by atoms with Crippen molar-refractivity contribution in [1.82, 2.24) is 9.97 Å². The van der Waals surface area contributed by atoms with Gasteiger partial charge in [-0.3, -0.25) is 0 Å². The summed E-state index contributed by atoms with van der Waals surface area (Å²) in [5.41, 5.74) is 8.60. The maximum Gasteiger partial charge on any atom is 0.223 e. The van der Waals surface area contributed by atoms with Gasteiger partial charge in [0.05, 0.1) is 24.1 Å². The minimum atomic E-state index is 0.167. The summed E-state index contributed by atoms with van der Waals surface area (Å²) in [5.74, 6) is 0.593. The Morgan fingerprint density at radius 3 is 2.47 bits per heavy atom. The molecule has 4 nitrogen and oxygen atoms in total. The van der Waals surface area contributed by atoms with E-state index in [2.05, 4.69) is 41.3 Å². The Hall–Kier alpha value is -2.10. The molecule has 2 rings (SSSR count). The first kappa shape index (κ1) is 11.4. The molecule has 1 aromatic carbocycles. The summed E-state index contributed by atoms with van der Waals surface area (Å²) in [6.07, 6.45) is 3.19. The van der Waals surface area contributed by atoms with Crippen LogP contribution in [-0.2, 0) is 0 Å². The fourth-order valence-electron chi connectivity index (χ4n) is 1.76. The van der Waals surface area contributed by atoms with Crippen LogP contribution in [0.3, 0.4) is 0 Å². The number of benzene rings is 1. The van der Waals surface area contributed by atoms with Crippen LogP contribution in [0, 0.1) is 6.92 Å². The smallest absolute Gasteiger partial charge is 0.223 e. The van der Waals surface area contributed by atoms with Gasteiger partial charge >= 0.3 is 0 Å². The van der Waals surface area contributed by atoms with Gasteiger partial charge in [-0.15, -0.1) is 0 Å². The Morgan fingerprint density at radius 2 is 1.82 bits per heavy atom. The lowest BCUT2D eigenvalue weighted by atomic mass is 10.0. The number of hydrogen-bond donors (Lipinski definition) is 2. The van der Waals surface area contributed by atoms with Crippen LogP contribution in [0.2, 0.25) is 0 Å². The van der Waals surface area contributed by atoms with E-state index in [-0.39, 0.29) is 6.04 Å². The second kappa shape index (κ2) is 4.82. The number of nitrogens with one attached hydrogen (secondary N) is 1. The highest BCUT2D eigenvalue weighted by atomic mass is 15.1. The number of nitrogen functional groups attached to an aromatic ring is 1. The Bertz CT molecular complexity index is 493. The number of anilines is 2. The predicted octanol–water partition coefficient (Wildman–Crippen LogP) is 2.54. The summed E-state index contributed by atoms with van der Waals surface area (Å²) in [6, 6.07) is 8.43. The van der Waals surface area contributed by atoms with Crippen LogP contribution in [0.4, 0.5) is 11.6 Å². The van der Waals surface area contributed by atoms with Gasteiger partial charge in [0.1, 0.15) is 0 Å². The van der Waals surface area contributed by atoms with Gasteiger partial charge in [0.25, 0.3) is 0 Å². The third-order valence-electron chi connectivity index (χ3n) is 2.67. The van der Waals surface area contributed by atoms with E-state index in [0.29, 0.717) is 11.6 Å². The van der Waals surface area contributed by atoms with Crippen LogP contribution in [0.5, 0.6) is 0 Å². The van der Waals surface area contributed by atoms with Crippen LogP contribution in [0.25, 0.3) is 0 Å². The minimum Gasteiger partial charge on any atom is -0.396 e. The van der Waals surface area contributed by atoms with E-state index in [1.54, 1.807) is 12.4 Å². The third kappa shape index (κ3) is 2.72. The molecule has 1 atom stereocenters. The van der Waals surface area contributed by atoms with E-state index >= 15 is 0 Å². The van der Waals surface area contributed by atoms with Crippen molar-refractivity contribution in [3.63, 3.8) is 0 Å². The molecule has 0 aliphatic heterocycles. The van der Waals surface area contributed by atoms with Crippen LogP contribution < -0.4 is 11.1 Å². The van der Waals surface area contributed by atoms with Crippen molar-refractivity contribution in [3.8, 4) is 0 Å². The maximum absolute atomic E-state index is 5.54. The average molecular weight is 228 g/mol. The zero-order valence-corrected chi connectivity index (χ0v) is 10.0. The van der Waals surface area contributed by atoms with E-state index in [1.165, 1.54) is 11.1 Å². The lowest BCUT2D eigenvalue weighted by Gasteiger charge is -2.16. The maximum atomic E-state index is 5.54. The standard InChI is InChI=1S/C13H16N4/c1-9-5-3-4-6-12(9)10(2)17-13-15-7-11(14)8-16-13/h3-8,10H,14H2,1-2H3,(H,15,16,17). The largest absolute Gasteiger partial charge is 0.396 e. The number of rotatable bonds is 3. The van der Waals surface area contributed by atoms with Gasteiger partial charge in [-0.2, -0.15) is 0 Å². The number of nitrogens with two attached hydrogens (primary N) is 1. The third-order valence-corrected chi connectivity index (χ3v) is 2.67. The normalized spacial score (nSPS) is 12.1. The van der Waals surface area contributed by atoms with E-state index in [9.17, 15) is 0 Å². The highest BCUT2D eigenvalue weighted by molar-refractivity contribution is 5.39. The van der Waals surface area contributed by atoms with Crippen LogP contribution in [-0.4, -0.2) is 9.97 Å². The molecule has 1 heterocycles. The van der Waals surface area contributed by atoms with E-state index in [4.69, 9.17) is 5.73 Å². The van der Waals surface area contributed by atoms with Crippen molar-refractivity contribution in [2.45, 2.75) is 19.9 Å². The highest BCUT2D eigenvalue weighted by Gasteiger charge is 2.08. The van der Waals surface area contributed by atoms with Gasteiger partial charge in [0.15, 0.2) is 0 Å². The molecule has 88 valence electrons. The number of aryl methyl sites for hydroxylation is 1. The van der Waals surface area contributed by atoms with Crippen LogP contribution in [0.1, 0.15) is 24.1 Å². The lowest BCUT2D eigenvalue weighted by molar-refractivity contribution is 0.852. The summed E-state index contributed by atoms with van der Waals surface area (Å²) in [4.78, 5) is 8.25. The van der Waals surface area contributed by atoms with Gasteiger partial charge in [-0.1, -0.05) is 24.3 Å². The molecular weight excluding hydrogens is 212 g/mol. The topological polar surface area (TPSA) is 63.8 Å². The Balaban J connectivity index is 2.14. The molecule has 0 radical (unpaired) electrons. The Kier molecular flexibility index (Phi) is 3.23. The highest BCUT2D eigenvalue weighted by Crippen LogP contribution is 2.19. The molecule has 0 fully saturated rings. The lowest BCUT2D eigenvalue weighted by Crippen LogP contribution is -2.10. The second-order valence-electron chi connectivity index (χ2n) is 4.06. The van der Waals surface area contributed by atoms with Crippen molar-refractivity contribution in [1.29, 1.82) is 0 Å². The summed E-state index contributed by atoms with van der Waals surface area (Å²) < 4.78 is 0. The zero-order valence-electron chi connectivity index (χ0n) is 10.0. The van der Waals surface area contributed by atoms with E-state index in [0.717, 1.165) is 0 Å². The first-order valence-electron chi connectivity index (χ1n) is 5.56. The summed E-state index contributed by atoms with van der Waals surface area (Å²) in [5, 5.41) is 3.25. The van der Waals surface area contributed by atoms with Gasteiger partial charge in [-0.05, 0) is 25.0 Å². The van der Waals surface area contributed by atoms with Crippen molar-refractivity contribution >= 4 is 11.6 Å². The van der Waals surface area contributed by atoms with E-state index in [1.807, 2.05) is 12.1 Å². The molecule has 1 unspecified atom stereocenters. The first-order chi connectivity index (χ1) is 8.16. The molecule has 4 heteroatoms. The van der Waals surface area contributed by atoms with Gasteiger partial charge in [-0.25, -0.2) is 9.97 Å². The second-order valence-corrected chi connectivity index (χ2v) is 4.06. The quantitative estimate of drug-likeness (QED) is 0.847. The number of nitrogens with zero attached hydrogens (tertiary/aromatic N) is 2. The molecule has 3 N–H and O–H groups in total. The minimum absolute atomic E-state index is 0.167. The predicted molar refractivity (Wildman–Crippen MR) is 69.7 cm³/mol. The van der Waals surface area contributed by atoms with E-state index < -0.39 is 0 Å². The average Bonchev–Trinajstić information content (AvgIpc) is 2.32. The van der Waals surface area contributed by atoms with Crippen molar-refractivity contribution < 1.29 is 0 Å². The Morgan fingerprint density at radius 1 is 1.18 bits per heavy atom. The van der Waals surface area contributed by atoms with Crippen LogP contribution in [0.15, 0.2) is 36.7 Å². The molecule has 2 aromatic rings. The summed E-state index contributed by atoms with van der Waals surface area (Å²) in [6.45, 7) is 4.18. The first-order valence-corrected chi connectivity index (χ1v) is 5.56. The number of aromatic nitrogens is 2. The van der Waals surface area contributed by atoms with Crippen molar-refractivity contribution in [2.24, 2.45) is 0 Å². The van der Waals surface area contributed by atoms with Gasteiger partial charge < -0.3 is 11.1 Å². The van der Waals surface area contributed by atoms with Crippen molar-refractivity contribution in [3.05, 3.63) is 47.8 Å². The molecule has 0 saturated carbocycles. The monoisotopic (exact) mass is 228 g/mol. The molecular formula is C13H16N4. The van der Waals surface area contributed by atoms with Crippen molar-refractivity contribution in [2.75, 3.05) is 11.1 Å². The molecule has 1 aromatic heterocycles. The van der Waals surface area contributed by atoms with Gasteiger partial charge in [0, 0.05) is 0 Å². The Labute approximate surface area is 101 Å².